The first-order valence-corrected chi connectivity index (χ1v) is 6.92. The highest BCUT2D eigenvalue weighted by Gasteiger charge is 2.25. The number of hydrogen-bond donors (Lipinski definition) is 1. The lowest BCUT2D eigenvalue weighted by atomic mass is 10.2. The second-order valence-electron chi connectivity index (χ2n) is 4.49. The molecule has 20 heavy (non-hydrogen) atoms. The number of imidazole rings is 1. The van der Waals surface area contributed by atoms with Crippen molar-refractivity contribution in [3.63, 3.8) is 0 Å². The van der Waals surface area contributed by atoms with Gasteiger partial charge in [0.15, 0.2) is 0 Å². The van der Waals surface area contributed by atoms with Gasteiger partial charge < -0.3 is 14.6 Å². The Balaban J connectivity index is 2.18. The number of rotatable bonds is 10. The van der Waals surface area contributed by atoms with Crippen molar-refractivity contribution in [2.45, 2.75) is 45.3 Å². The lowest BCUT2D eigenvalue weighted by Crippen LogP contribution is -2.11. The minimum absolute atomic E-state index is 0.140. The van der Waals surface area contributed by atoms with Gasteiger partial charge in [0.1, 0.15) is 0 Å². The van der Waals surface area contributed by atoms with Gasteiger partial charge in [0.2, 0.25) is 5.95 Å². The molecule has 0 unspecified atom stereocenters. The van der Waals surface area contributed by atoms with E-state index in [1.54, 1.807) is 6.20 Å². The predicted molar refractivity (Wildman–Crippen MR) is 71.7 cm³/mol. The van der Waals surface area contributed by atoms with Crippen LogP contribution in [0, 0.1) is 0 Å². The smallest absolute Gasteiger partial charge is 0.382 e. The highest BCUT2D eigenvalue weighted by molar-refractivity contribution is 5.25. The SMILES string of the molecule is CCOCCCn1ccnc1NCCCCC(F)(F)F. The molecule has 0 aromatic carbocycles. The monoisotopic (exact) mass is 293 g/mol. The van der Waals surface area contributed by atoms with Gasteiger partial charge in [-0.3, -0.25) is 0 Å². The van der Waals surface area contributed by atoms with E-state index in [0.717, 1.165) is 13.0 Å². The Hall–Kier alpha value is -1.24. The average Bonchev–Trinajstić information content (AvgIpc) is 2.80. The van der Waals surface area contributed by atoms with Gasteiger partial charge in [-0.15, -0.1) is 0 Å². The van der Waals surface area contributed by atoms with Crippen LogP contribution in [0.2, 0.25) is 0 Å². The summed E-state index contributed by atoms with van der Waals surface area (Å²) in [6.07, 6.45) is 0.248. The first kappa shape index (κ1) is 16.8. The number of anilines is 1. The zero-order chi connectivity index (χ0) is 14.8. The highest BCUT2D eigenvalue weighted by atomic mass is 19.4. The molecule has 7 heteroatoms. The summed E-state index contributed by atoms with van der Waals surface area (Å²) in [5, 5.41) is 3.06. The number of halogens is 3. The van der Waals surface area contributed by atoms with Gasteiger partial charge in [-0.1, -0.05) is 0 Å². The van der Waals surface area contributed by atoms with E-state index in [2.05, 4.69) is 10.3 Å². The molecule has 0 radical (unpaired) electrons. The number of aromatic nitrogens is 2. The van der Waals surface area contributed by atoms with Crippen molar-refractivity contribution in [2.75, 3.05) is 25.1 Å². The molecule has 0 aliphatic carbocycles. The Labute approximate surface area is 117 Å². The molecule has 0 bridgehead atoms. The van der Waals surface area contributed by atoms with Crippen LogP contribution in [0.3, 0.4) is 0 Å². The van der Waals surface area contributed by atoms with E-state index in [1.165, 1.54) is 0 Å². The molecule has 0 spiro atoms. The van der Waals surface area contributed by atoms with Crippen molar-refractivity contribution < 1.29 is 17.9 Å². The van der Waals surface area contributed by atoms with Crippen LogP contribution in [0.25, 0.3) is 0 Å². The fourth-order valence-corrected chi connectivity index (χ4v) is 1.79. The quantitative estimate of drug-likeness (QED) is 0.672. The molecule has 0 atom stereocenters. The van der Waals surface area contributed by atoms with Crippen LogP contribution >= 0.6 is 0 Å². The molecule has 0 saturated carbocycles. The maximum absolute atomic E-state index is 12.0. The maximum atomic E-state index is 12.0. The van der Waals surface area contributed by atoms with Crippen molar-refractivity contribution >= 4 is 5.95 Å². The fraction of sp³-hybridized carbons (Fsp3) is 0.769. The molecule has 0 aliphatic heterocycles. The molecule has 0 saturated heterocycles. The second-order valence-corrected chi connectivity index (χ2v) is 4.49. The van der Waals surface area contributed by atoms with Crippen LogP contribution in [-0.2, 0) is 11.3 Å². The van der Waals surface area contributed by atoms with E-state index < -0.39 is 12.6 Å². The fourth-order valence-electron chi connectivity index (χ4n) is 1.79. The Morgan fingerprint density at radius 1 is 1.30 bits per heavy atom. The van der Waals surface area contributed by atoms with Crippen molar-refractivity contribution in [1.82, 2.24) is 9.55 Å². The summed E-state index contributed by atoms with van der Waals surface area (Å²) in [5.41, 5.74) is 0. The van der Waals surface area contributed by atoms with Gasteiger partial charge in [0.25, 0.3) is 0 Å². The highest BCUT2D eigenvalue weighted by Crippen LogP contribution is 2.22. The second kappa shape index (κ2) is 8.84. The molecule has 1 aromatic heterocycles. The third-order valence-corrected chi connectivity index (χ3v) is 2.78. The summed E-state index contributed by atoms with van der Waals surface area (Å²) in [7, 11) is 0. The topological polar surface area (TPSA) is 39.1 Å². The number of ether oxygens (including phenoxy) is 1. The minimum Gasteiger partial charge on any atom is -0.382 e. The molecule has 1 rings (SSSR count). The van der Waals surface area contributed by atoms with Crippen LogP contribution in [0.5, 0.6) is 0 Å². The first-order chi connectivity index (χ1) is 9.53. The minimum atomic E-state index is -4.06. The van der Waals surface area contributed by atoms with Gasteiger partial charge >= 0.3 is 6.18 Å². The van der Waals surface area contributed by atoms with Gasteiger partial charge in [-0.25, -0.2) is 4.98 Å². The number of alkyl halides is 3. The Bertz CT molecular complexity index is 366. The van der Waals surface area contributed by atoms with Gasteiger partial charge in [0.05, 0.1) is 0 Å². The van der Waals surface area contributed by atoms with Crippen LogP contribution in [0.1, 0.15) is 32.6 Å². The first-order valence-electron chi connectivity index (χ1n) is 6.92. The molecule has 1 aromatic rings. The van der Waals surface area contributed by atoms with E-state index in [0.29, 0.717) is 32.1 Å². The summed E-state index contributed by atoms with van der Waals surface area (Å²) in [6, 6.07) is 0. The van der Waals surface area contributed by atoms with E-state index in [9.17, 15) is 13.2 Å². The van der Waals surface area contributed by atoms with Crippen molar-refractivity contribution in [1.29, 1.82) is 0 Å². The zero-order valence-electron chi connectivity index (χ0n) is 11.7. The summed E-state index contributed by atoms with van der Waals surface area (Å²) in [4.78, 5) is 4.15. The Morgan fingerprint density at radius 2 is 2.10 bits per heavy atom. The van der Waals surface area contributed by atoms with Crippen LogP contribution in [0.15, 0.2) is 12.4 Å². The van der Waals surface area contributed by atoms with Crippen LogP contribution < -0.4 is 5.32 Å². The third kappa shape index (κ3) is 7.37. The van der Waals surface area contributed by atoms with E-state index in [-0.39, 0.29) is 6.42 Å². The standard InChI is InChI=1S/C13H22F3N3O/c1-2-20-11-5-9-19-10-8-18-12(19)17-7-4-3-6-13(14,15)16/h8,10H,2-7,9,11H2,1H3,(H,17,18). The van der Waals surface area contributed by atoms with E-state index >= 15 is 0 Å². The Kier molecular flexibility index (Phi) is 7.43. The van der Waals surface area contributed by atoms with E-state index in [1.807, 2.05) is 17.7 Å². The molecule has 1 N–H and O–H groups in total. The molecular formula is C13H22F3N3O. The van der Waals surface area contributed by atoms with Gasteiger partial charge in [0, 0.05) is 45.1 Å². The number of nitrogens with zero attached hydrogens (tertiary/aromatic N) is 2. The summed E-state index contributed by atoms with van der Waals surface area (Å²) >= 11 is 0. The summed E-state index contributed by atoms with van der Waals surface area (Å²) in [5.74, 6) is 0.702. The third-order valence-electron chi connectivity index (χ3n) is 2.78. The molecule has 1 heterocycles. The maximum Gasteiger partial charge on any atom is 0.389 e. The lowest BCUT2D eigenvalue weighted by molar-refractivity contribution is -0.135. The van der Waals surface area contributed by atoms with Crippen LogP contribution in [0.4, 0.5) is 19.1 Å². The number of hydrogen-bond acceptors (Lipinski definition) is 3. The molecule has 0 fully saturated rings. The van der Waals surface area contributed by atoms with Crippen LogP contribution in [-0.4, -0.2) is 35.5 Å². The van der Waals surface area contributed by atoms with Crippen molar-refractivity contribution in [3.8, 4) is 0 Å². The molecule has 116 valence electrons. The molecule has 4 nitrogen and oxygen atoms in total. The molecule has 0 aliphatic rings. The number of nitrogens with one attached hydrogen (secondary N) is 1. The predicted octanol–water partition coefficient (Wildman–Crippen LogP) is 3.45. The normalized spacial score (nSPS) is 11.8. The molecule has 0 amide bonds. The molecular weight excluding hydrogens is 271 g/mol. The van der Waals surface area contributed by atoms with Crippen molar-refractivity contribution in [2.24, 2.45) is 0 Å². The average molecular weight is 293 g/mol. The largest absolute Gasteiger partial charge is 0.389 e. The Morgan fingerprint density at radius 3 is 2.80 bits per heavy atom. The number of aryl methyl sites for hydroxylation is 1. The van der Waals surface area contributed by atoms with E-state index in [4.69, 9.17) is 4.74 Å². The van der Waals surface area contributed by atoms with Gasteiger partial charge in [-0.05, 0) is 26.2 Å². The summed E-state index contributed by atoms with van der Waals surface area (Å²) < 4.78 is 43.1. The zero-order valence-corrected chi connectivity index (χ0v) is 11.7. The van der Waals surface area contributed by atoms with Crippen molar-refractivity contribution in [3.05, 3.63) is 12.4 Å². The lowest BCUT2D eigenvalue weighted by Gasteiger charge is -2.10. The summed E-state index contributed by atoms with van der Waals surface area (Å²) in [6.45, 7) is 4.63. The number of unbranched alkanes of at least 4 members (excludes halogenated alkanes) is 1. The van der Waals surface area contributed by atoms with Gasteiger partial charge in [-0.2, -0.15) is 13.2 Å².